The quantitative estimate of drug-likeness (QED) is 0.652. The van der Waals surface area contributed by atoms with Gasteiger partial charge in [0, 0.05) is 12.1 Å². The van der Waals surface area contributed by atoms with E-state index in [4.69, 9.17) is 14.2 Å². The van der Waals surface area contributed by atoms with E-state index in [1.807, 2.05) is 0 Å². The van der Waals surface area contributed by atoms with Gasteiger partial charge in [-0.2, -0.15) is 0 Å². The molecule has 1 amide bonds. The molecule has 2 aromatic carbocycles. The summed E-state index contributed by atoms with van der Waals surface area (Å²) in [4.78, 5) is 12.2. The van der Waals surface area contributed by atoms with Gasteiger partial charge in [0.15, 0.2) is 0 Å². The van der Waals surface area contributed by atoms with Crippen LogP contribution in [0.1, 0.15) is 5.56 Å². The van der Waals surface area contributed by atoms with Crippen LogP contribution in [0.3, 0.4) is 0 Å². The van der Waals surface area contributed by atoms with E-state index >= 15 is 0 Å². The molecule has 0 radical (unpaired) electrons. The largest absolute Gasteiger partial charge is 0.497 e. The zero-order valence-corrected chi connectivity index (χ0v) is 16.8. The van der Waals surface area contributed by atoms with Gasteiger partial charge in [-0.05, 0) is 43.0 Å². The molecular formula is C19H22N2O6S. The highest BCUT2D eigenvalue weighted by Gasteiger charge is 2.17. The van der Waals surface area contributed by atoms with E-state index in [9.17, 15) is 13.2 Å². The Balaban J connectivity index is 2.24. The summed E-state index contributed by atoms with van der Waals surface area (Å²) in [6, 6.07) is 9.61. The lowest BCUT2D eigenvalue weighted by molar-refractivity contribution is -0.111. The number of benzene rings is 2. The number of ether oxygens (including phenoxy) is 3. The number of methoxy groups -OCH3 is 3. The molecule has 0 bridgehead atoms. The number of hydrogen-bond acceptors (Lipinski definition) is 6. The zero-order chi connectivity index (χ0) is 20.7. The third-order valence-corrected chi connectivity index (χ3v) is 5.27. The minimum Gasteiger partial charge on any atom is -0.497 e. The van der Waals surface area contributed by atoms with E-state index in [1.165, 1.54) is 52.7 Å². The van der Waals surface area contributed by atoms with Gasteiger partial charge in [-0.3, -0.25) is 4.79 Å². The van der Waals surface area contributed by atoms with Crippen LogP contribution in [0.4, 0.5) is 5.69 Å². The summed E-state index contributed by atoms with van der Waals surface area (Å²) in [5.41, 5.74) is 0.965. The Hall–Kier alpha value is -3.04. The third-order valence-electron chi connectivity index (χ3n) is 3.84. The summed E-state index contributed by atoms with van der Waals surface area (Å²) < 4.78 is 41.9. The molecule has 0 atom stereocenters. The minimum absolute atomic E-state index is 0.0190. The predicted octanol–water partition coefficient (Wildman–Crippen LogP) is 2.27. The molecule has 0 saturated heterocycles. The standard InChI is InChI=1S/C19H22N2O6S/c1-20-28(23,24)18-11-13(5-8-17(18)27-4)6-10-19(22)21-15-12-14(25-2)7-9-16(15)26-3/h5-12,20H,1-4H3,(H,21,22)/b10-6+. The summed E-state index contributed by atoms with van der Waals surface area (Å²) in [6.07, 6.45) is 2.78. The SMILES string of the molecule is CNS(=O)(=O)c1cc(/C=C/C(=O)Nc2cc(OC)ccc2OC)ccc1OC. The zero-order valence-electron chi connectivity index (χ0n) is 16.0. The van der Waals surface area contributed by atoms with E-state index in [0.717, 1.165) is 0 Å². The second-order valence-corrected chi connectivity index (χ2v) is 7.36. The number of nitrogens with one attached hydrogen (secondary N) is 2. The monoisotopic (exact) mass is 406 g/mol. The fraction of sp³-hybridized carbons (Fsp3) is 0.211. The van der Waals surface area contributed by atoms with Crippen molar-refractivity contribution in [2.75, 3.05) is 33.7 Å². The summed E-state index contributed by atoms with van der Waals surface area (Å²) in [5, 5.41) is 2.70. The van der Waals surface area contributed by atoms with Gasteiger partial charge in [-0.25, -0.2) is 13.1 Å². The molecule has 0 spiro atoms. The average Bonchev–Trinajstić information content (AvgIpc) is 2.71. The predicted molar refractivity (Wildman–Crippen MR) is 106 cm³/mol. The Morgan fingerprint density at radius 1 is 0.964 bits per heavy atom. The molecule has 0 unspecified atom stereocenters. The molecular weight excluding hydrogens is 384 g/mol. The number of anilines is 1. The maximum Gasteiger partial charge on any atom is 0.248 e. The van der Waals surface area contributed by atoms with Crippen LogP contribution in [0, 0.1) is 0 Å². The highest BCUT2D eigenvalue weighted by atomic mass is 32.2. The Bertz CT molecular complexity index is 986. The molecule has 0 aromatic heterocycles. The van der Waals surface area contributed by atoms with Crippen LogP contribution >= 0.6 is 0 Å². The van der Waals surface area contributed by atoms with E-state index < -0.39 is 15.9 Å². The minimum atomic E-state index is -3.71. The number of carbonyl (C=O) groups is 1. The summed E-state index contributed by atoms with van der Waals surface area (Å²) in [5.74, 6) is 0.837. The Morgan fingerprint density at radius 3 is 2.25 bits per heavy atom. The van der Waals surface area contributed by atoms with Crippen LogP contribution < -0.4 is 24.2 Å². The lowest BCUT2D eigenvalue weighted by Gasteiger charge is -2.11. The van der Waals surface area contributed by atoms with Gasteiger partial charge < -0.3 is 19.5 Å². The first-order chi connectivity index (χ1) is 13.3. The highest BCUT2D eigenvalue weighted by molar-refractivity contribution is 7.89. The van der Waals surface area contributed by atoms with Crippen molar-refractivity contribution in [2.24, 2.45) is 0 Å². The fourth-order valence-electron chi connectivity index (χ4n) is 2.37. The second-order valence-electron chi connectivity index (χ2n) is 5.51. The molecule has 0 fully saturated rings. The lowest BCUT2D eigenvalue weighted by Crippen LogP contribution is -2.19. The number of amides is 1. The van der Waals surface area contributed by atoms with Gasteiger partial charge in [0.1, 0.15) is 22.1 Å². The van der Waals surface area contributed by atoms with Crippen LogP contribution in [0.2, 0.25) is 0 Å². The molecule has 2 rings (SSSR count). The second kappa shape index (κ2) is 9.25. The summed E-state index contributed by atoms with van der Waals surface area (Å²) in [7, 11) is 2.00. The maximum atomic E-state index is 12.3. The van der Waals surface area contributed by atoms with Crippen molar-refractivity contribution in [3.8, 4) is 17.2 Å². The first kappa shape index (κ1) is 21.3. The Labute approximate surface area is 164 Å². The van der Waals surface area contributed by atoms with E-state index in [-0.39, 0.29) is 10.6 Å². The van der Waals surface area contributed by atoms with Crippen LogP contribution in [-0.4, -0.2) is 42.7 Å². The van der Waals surface area contributed by atoms with E-state index in [0.29, 0.717) is 22.7 Å². The average molecular weight is 406 g/mol. The normalized spacial score (nSPS) is 11.3. The third kappa shape index (κ3) is 5.02. The van der Waals surface area contributed by atoms with Crippen molar-refractivity contribution in [3.63, 3.8) is 0 Å². The van der Waals surface area contributed by atoms with Gasteiger partial charge in [-0.1, -0.05) is 6.07 Å². The van der Waals surface area contributed by atoms with E-state index in [1.54, 1.807) is 24.3 Å². The van der Waals surface area contributed by atoms with Crippen LogP contribution in [0.15, 0.2) is 47.4 Å². The molecule has 0 heterocycles. The van der Waals surface area contributed by atoms with Crippen molar-refractivity contribution in [2.45, 2.75) is 4.90 Å². The summed E-state index contributed by atoms with van der Waals surface area (Å²) in [6.45, 7) is 0. The van der Waals surface area contributed by atoms with Crippen molar-refractivity contribution in [3.05, 3.63) is 48.0 Å². The van der Waals surface area contributed by atoms with Crippen LogP contribution in [0.5, 0.6) is 17.2 Å². The molecule has 2 N–H and O–H groups in total. The van der Waals surface area contributed by atoms with Gasteiger partial charge >= 0.3 is 0 Å². The van der Waals surface area contributed by atoms with E-state index in [2.05, 4.69) is 10.0 Å². The number of carbonyl (C=O) groups excluding carboxylic acids is 1. The Morgan fingerprint density at radius 2 is 1.64 bits per heavy atom. The molecule has 0 aliphatic carbocycles. The highest BCUT2D eigenvalue weighted by Crippen LogP contribution is 2.29. The molecule has 28 heavy (non-hydrogen) atoms. The van der Waals surface area contributed by atoms with Crippen LogP contribution in [0.25, 0.3) is 6.08 Å². The lowest BCUT2D eigenvalue weighted by atomic mass is 10.2. The molecule has 9 heteroatoms. The van der Waals surface area contributed by atoms with Crippen molar-refractivity contribution in [1.82, 2.24) is 4.72 Å². The molecule has 2 aromatic rings. The van der Waals surface area contributed by atoms with Gasteiger partial charge in [0.25, 0.3) is 0 Å². The first-order valence-electron chi connectivity index (χ1n) is 8.17. The molecule has 0 aliphatic heterocycles. The molecule has 0 aliphatic rings. The maximum absolute atomic E-state index is 12.3. The topological polar surface area (TPSA) is 103 Å². The number of hydrogen-bond donors (Lipinski definition) is 2. The van der Waals surface area contributed by atoms with Gasteiger partial charge in [0.05, 0.1) is 27.0 Å². The van der Waals surface area contributed by atoms with Crippen molar-refractivity contribution < 1.29 is 27.4 Å². The molecule has 0 saturated carbocycles. The van der Waals surface area contributed by atoms with Gasteiger partial charge in [0.2, 0.25) is 15.9 Å². The number of sulfonamides is 1. The fourth-order valence-corrected chi connectivity index (χ4v) is 3.30. The molecule has 8 nitrogen and oxygen atoms in total. The van der Waals surface area contributed by atoms with Crippen molar-refractivity contribution in [1.29, 1.82) is 0 Å². The van der Waals surface area contributed by atoms with Gasteiger partial charge in [-0.15, -0.1) is 0 Å². The number of rotatable bonds is 8. The van der Waals surface area contributed by atoms with Crippen molar-refractivity contribution >= 4 is 27.7 Å². The molecule has 150 valence electrons. The first-order valence-corrected chi connectivity index (χ1v) is 9.65. The smallest absolute Gasteiger partial charge is 0.248 e. The Kier molecular flexibility index (Phi) is 7.02. The van der Waals surface area contributed by atoms with Crippen LogP contribution in [-0.2, 0) is 14.8 Å². The summed E-state index contributed by atoms with van der Waals surface area (Å²) >= 11 is 0.